The Morgan fingerprint density at radius 1 is 0.547 bits per heavy atom. The smallest absolute Gasteiger partial charge is 0.312 e. The number of nitrogens with two attached hydrogens (primary N) is 2. The van der Waals surface area contributed by atoms with Gasteiger partial charge in [-0.05, 0) is 73.5 Å². The van der Waals surface area contributed by atoms with Crippen LogP contribution in [0.25, 0.3) is 66.5 Å². The van der Waals surface area contributed by atoms with Crippen LogP contribution in [0.3, 0.4) is 0 Å². The van der Waals surface area contributed by atoms with E-state index in [1.807, 2.05) is 0 Å². The normalized spacial score (nSPS) is 12.5. The Labute approximate surface area is 354 Å². The molecule has 64 heavy (non-hydrogen) atoms. The molecular formula is C44H28F6N10O4. The highest BCUT2D eigenvalue weighted by Crippen LogP contribution is 2.35. The average molecular weight is 875 g/mol. The van der Waals surface area contributed by atoms with E-state index in [-0.39, 0.29) is 89.7 Å². The highest BCUT2D eigenvalue weighted by Gasteiger charge is 2.28. The lowest BCUT2D eigenvalue weighted by Gasteiger charge is -2.18. The van der Waals surface area contributed by atoms with Crippen molar-refractivity contribution >= 4 is 55.9 Å². The number of nitrogen functional groups attached to an aromatic ring is 2. The molecular weight excluding hydrogens is 847 g/mol. The summed E-state index contributed by atoms with van der Waals surface area (Å²) in [7, 11) is 0. The number of hydrogen-bond acceptors (Lipinski definition) is 12. The van der Waals surface area contributed by atoms with Crippen molar-refractivity contribution in [1.29, 1.82) is 0 Å². The first kappa shape index (κ1) is 41.0. The van der Waals surface area contributed by atoms with Crippen LogP contribution in [0.2, 0.25) is 0 Å². The van der Waals surface area contributed by atoms with E-state index in [0.717, 1.165) is 24.3 Å². The first-order chi connectivity index (χ1) is 30.7. The van der Waals surface area contributed by atoms with Gasteiger partial charge in [0.05, 0.1) is 35.9 Å². The van der Waals surface area contributed by atoms with Gasteiger partial charge in [-0.2, -0.15) is 28.7 Å². The minimum atomic E-state index is -1.05. The Morgan fingerprint density at radius 2 is 0.938 bits per heavy atom. The van der Waals surface area contributed by atoms with Gasteiger partial charge in [0.2, 0.25) is 10.9 Å². The Morgan fingerprint density at radius 3 is 1.33 bits per heavy atom. The summed E-state index contributed by atoms with van der Waals surface area (Å²) < 4.78 is 99.5. The van der Waals surface area contributed by atoms with Crippen molar-refractivity contribution in [2.24, 2.45) is 0 Å². The summed E-state index contributed by atoms with van der Waals surface area (Å²) in [6, 6.07) is 17.1. The van der Waals surface area contributed by atoms with Gasteiger partial charge in [0.1, 0.15) is 67.8 Å². The summed E-state index contributed by atoms with van der Waals surface area (Å²) in [4.78, 5) is 49.4. The molecule has 2 unspecified atom stereocenters. The molecule has 0 amide bonds. The van der Waals surface area contributed by atoms with Crippen LogP contribution in [0.1, 0.15) is 37.5 Å². The molecule has 0 aliphatic heterocycles. The maximum Gasteiger partial charge on any atom is 0.312 e. The van der Waals surface area contributed by atoms with E-state index in [4.69, 9.17) is 20.3 Å². The third kappa shape index (κ3) is 6.99. The molecule has 320 valence electrons. The van der Waals surface area contributed by atoms with Crippen LogP contribution >= 0.6 is 0 Å². The van der Waals surface area contributed by atoms with Crippen LogP contribution in [-0.4, -0.2) is 39.0 Å². The van der Waals surface area contributed by atoms with Crippen molar-refractivity contribution in [2.45, 2.75) is 25.9 Å². The Kier molecular flexibility index (Phi) is 10.1. The second kappa shape index (κ2) is 15.8. The monoisotopic (exact) mass is 874 g/mol. The number of imidazole rings is 2. The molecule has 4 aromatic carbocycles. The number of aromatic nitrogens is 8. The van der Waals surface area contributed by atoms with Crippen molar-refractivity contribution in [3.63, 3.8) is 0 Å². The number of hydrogen-bond donors (Lipinski definition) is 2. The average Bonchev–Trinajstić information content (AvgIpc) is 3.88. The fourth-order valence-electron chi connectivity index (χ4n) is 7.50. The van der Waals surface area contributed by atoms with Crippen molar-refractivity contribution in [3.8, 4) is 22.3 Å². The predicted molar refractivity (Wildman–Crippen MR) is 223 cm³/mol. The quantitative estimate of drug-likeness (QED) is 0.120. The lowest BCUT2D eigenvalue weighted by molar-refractivity contribution is 0.464. The molecule has 0 spiro atoms. The fourth-order valence-corrected chi connectivity index (χ4v) is 7.50. The summed E-state index contributed by atoms with van der Waals surface area (Å²) in [6.07, 6.45) is 0.614. The Bertz CT molecular complexity index is 3390. The highest BCUT2D eigenvalue weighted by molar-refractivity contribution is 5.86. The van der Waals surface area contributed by atoms with E-state index in [2.05, 4.69) is 29.9 Å². The molecule has 4 N–H and O–H groups in total. The van der Waals surface area contributed by atoms with Crippen molar-refractivity contribution in [2.75, 3.05) is 11.5 Å². The minimum Gasteiger partial charge on any atom is -0.458 e. The van der Waals surface area contributed by atoms with Crippen LogP contribution in [0.15, 0.2) is 116 Å². The van der Waals surface area contributed by atoms with Gasteiger partial charge < -0.3 is 29.4 Å². The molecule has 0 saturated carbocycles. The minimum absolute atomic E-state index is 0.0155. The van der Waals surface area contributed by atoms with Crippen LogP contribution in [-0.2, 0) is 0 Å². The second-order valence-electron chi connectivity index (χ2n) is 14.3. The van der Waals surface area contributed by atoms with Gasteiger partial charge in [0, 0.05) is 0 Å². The molecule has 0 saturated heterocycles. The molecule has 20 heteroatoms. The van der Waals surface area contributed by atoms with Gasteiger partial charge in [0.15, 0.2) is 22.9 Å². The van der Waals surface area contributed by atoms with E-state index in [9.17, 15) is 35.9 Å². The summed E-state index contributed by atoms with van der Waals surface area (Å²) >= 11 is 0. The standard InChI is InChI=1S/2C22H14F3N5O2/c2*1-10(30-9-27-17-20(26)28-22(25)29-21(17)30)19-15(11-4-2-5-12(23)8-11)18(31)16-13(24)6-3-7-14(16)32-19/h2*2-10H,1H3,(H2,26,28,29). The molecule has 10 aromatic rings. The molecule has 0 fully saturated rings. The van der Waals surface area contributed by atoms with E-state index in [1.54, 1.807) is 13.8 Å². The molecule has 6 aromatic heterocycles. The fraction of sp³-hybridized carbons (Fsp3) is 0.0909. The molecule has 10 rings (SSSR count). The predicted octanol–water partition coefficient (Wildman–Crippen LogP) is 8.42. The van der Waals surface area contributed by atoms with E-state index in [1.165, 1.54) is 82.5 Å². The first-order valence-electron chi connectivity index (χ1n) is 19.0. The van der Waals surface area contributed by atoms with Crippen LogP contribution in [0, 0.1) is 35.4 Å². The Hall–Kier alpha value is -8.42. The lowest BCUT2D eigenvalue weighted by atomic mass is 9.99. The third-order valence-corrected chi connectivity index (χ3v) is 10.5. The van der Waals surface area contributed by atoms with Crippen LogP contribution in [0.5, 0.6) is 0 Å². The summed E-state index contributed by atoms with van der Waals surface area (Å²) in [6.45, 7) is 3.31. The van der Waals surface area contributed by atoms with Crippen LogP contribution in [0.4, 0.5) is 38.0 Å². The van der Waals surface area contributed by atoms with Crippen molar-refractivity contribution in [3.05, 3.63) is 165 Å². The molecule has 0 bridgehead atoms. The summed E-state index contributed by atoms with van der Waals surface area (Å²) in [5.74, 6) is -2.79. The number of halogens is 6. The molecule has 0 radical (unpaired) electrons. The van der Waals surface area contributed by atoms with Gasteiger partial charge in [-0.3, -0.25) is 9.59 Å². The van der Waals surface area contributed by atoms with E-state index < -0.39 is 58.4 Å². The number of benzene rings is 4. The van der Waals surface area contributed by atoms with Crippen molar-refractivity contribution < 1.29 is 35.2 Å². The molecule has 2 atom stereocenters. The van der Waals surface area contributed by atoms with Gasteiger partial charge in [-0.1, -0.05) is 36.4 Å². The van der Waals surface area contributed by atoms with Gasteiger partial charge in [-0.25, -0.2) is 27.5 Å². The number of rotatable bonds is 6. The maximum atomic E-state index is 14.5. The lowest BCUT2D eigenvalue weighted by Crippen LogP contribution is -2.16. The van der Waals surface area contributed by atoms with Crippen molar-refractivity contribution in [1.82, 2.24) is 39.0 Å². The largest absolute Gasteiger partial charge is 0.458 e. The van der Waals surface area contributed by atoms with E-state index in [0.29, 0.717) is 0 Å². The zero-order valence-corrected chi connectivity index (χ0v) is 33.0. The third-order valence-electron chi connectivity index (χ3n) is 10.5. The molecule has 6 heterocycles. The second-order valence-corrected chi connectivity index (χ2v) is 14.3. The Balaban J connectivity index is 0.000000162. The number of fused-ring (bicyclic) bond motifs is 4. The van der Waals surface area contributed by atoms with E-state index >= 15 is 0 Å². The zero-order chi connectivity index (χ0) is 45.1. The topological polar surface area (TPSA) is 200 Å². The summed E-state index contributed by atoms with van der Waals surface area (Å²) in [5, 5.41) is -0.508. The number of anilines is 2. The number of nitrogens with zero attached hydrogens (tertiary/aromatic N) is 8. The first-order valence-corrected chi connectivity index (χ1v) is 19.0. The SMILES string of the molecule is CC(c1oc2cccc(F)c2c(=O)c1-c1cccc(F)c1)n1cnc2c(N)nc(F)nc21.CC(c1oc2cccc(F)c2c(=O)c1-c1cccc(F)c1)n1cnc2c(N)nc(F)nc21. The molecule has 0 aliphatic rings. The van der Waals surface area contributed by atoms with Gasteiger partial charge in [0.25, 0.3) is 0 Å². The zero-order valence-electron chi connectivity index (χ0n) is 33.0. The highest BCUT2D eigenvalue weighted by atomic mass is 19.1. The molecule has 14 nitrogen and oxygen atoms in total. The van der Waals surface area contributed by atoms with Crippen LogP contribution < -0.4 is 22.3 Å². The summed E-state index contributed by atoms with van der Waals surface area (Å²) in [5.41, 5.74) is 11.0. The molecule has 0 aliphatic carbocycles. The van der Waals surface area contributed by atoms with Gasteiger partial charge >= 0.3 is 12.2 Å². The van der Waals surface area contributed by atoms with Gasteiger partial charge in [-0.15, -0.1) is 0 Å². The maximum absolute atomic E-state index is 14.5.